The van der Waals surface area contributed by atoms with Crippen LogP contribution in [0.5, 0.6) is 6.01 Å². The van der Waals surface area contributed by atoms with E-state index in [9.17, 15) is 9.18 Å². The van der Waals surface area contributed by atoms with Gasteiger partial charge in [0.2, 0.25) is 5.95 Å². The maximum Gasteiger partial charge on any atom is 0.321 e. The van der Waals surface area contributed by atoms with Crippen LogP contribution in [0.3, 0.4) is 0 Å². The molecule has 2 aromatic heterocycles. The molecule has 1 aliphatic rings. The number of anilines is 1. The molecule has 3 heterocycles. The van der Waals surface area contributed by atoms with Crippen LogP contribution in [-0.2, 0) is 6.54 Å². The van der Waals surface area contributed by atoms with Gasteiger partial charge in [-0.05, 0) is 18.9 Å². The predicted octanol–water partition coefficient (Wildman–Crippen LogP) is 0.944. The minimum atomic E-state index is -0.569. The van der Waals surface area contributed by atoms with E-state index in [1.807, 2.05) is 4.90 Å². The molecule has 0 bridgehead atoms. The molecule has 9 heteroatoms. The molecule has 0 radical (unpaired) electrons. The summed E-state index contributed by atoms with van der Waals surface area (Å²) < 4.78 is 18.2. The first-order chi connectivity index (χ1) is 11.7. The van der Waals surface area contributed by atoms with Crippen molar-refractivity contribution >= 4 is 11.9 Å². The summed E-state index contributed by atoms with van der Waals surface area (Å²) in [6.45, 7) is 1.84. The van der Waals surface area contributed by atoms with Gasteiger partial charge in [0.1, 0.15) is 5.82 Å². The van der Waals surface area contributed by atoms with Crippen molar-refractivity contribution in [3.05, 3.63) is 35.7 Å². The largest absolute Gasteiger partial charge is 0.467 e. The molecule has 0 aliphatic carbocycles. The van der Waals surface area contributed by atoms with E-state index in [1.165, 1.54) is 13.3 Å². The molecule has 1 aliphatic heterocycles. The molecule has 0 spiro atoms. The van der Waals surface area contributed by atoms with Crippen molar-refractivity contribution in [3.63, 3.8) is 0 Å². The van der Waals surface area contributed by atoms with Gasteiger partial charge in [-0.15, -0.1) is 0 Å². The van der Waals surface area contributed by atoms with Crippen molar-refractivity contribution < 1.29 is 13.9 Å². The Morgan fingerprint density at radius 3 is 2.79 bits per heavy atom. The third kappa shape index (κ3) is 3.73. The van der Waals surface area contributed by atoms with E-state index in [0.29, 0.717) is 11.8 Å². The summed E-state index contributed by atoms with van der Waals surface area (Å²) >= 11 is 0. The molecule has 1 N–H and O–H groups in total. The number of nitrogens with zero attached hydrogens (tertiary/aromatic N) is 5. The standard InChI is InChI=1S/C15H17FN6O2/c1-24-15-20-12(19-14(21-15)22-4-2-3-5-22)9-18-13(23)10-6-11(16)8-17-7-10/h6-8H,2-5,9H2,1H3,(H,18,23). The third-order valence-corrected chi connectivity index (χ3v) is 3.60. The lowest BCUT2D eigenvalue weighted by Gasteiger charge is -2.16. The highest BCUT2D eigenvalue weighted by atomic mass is 19.1. The normalized spacial score (nSPS) is 13.8. The Morgan fingerprint density at radius 1 is 1.29 bits per heavy atom. The fourth-order valence-corrected chi connectivity index (χ4v) is 2.41. The number of nitrogens with one attached hydrogen (secondary N) is 1. The number of methoxy groups -OCH3 is 1. The number of halogens is 1. The highest BCUT2D eigenvalue weighted by Crippen LogP contribution is 2.17. The van der Waals surface area contributed by atoms with Crippen LogP contribution in [0.25, 0.3) is 0 Å². The van der Waals surface area contributed by atoms with Crippen molar-refractivity contribution in [1.29, 1.82) is 0 Å². The molecule has 3 rings (SSSR count). The third-order valence-electron chi connectivity index (χ3n) is 3.60. The van der Waals surface area contributed by atoms with Gasteiger partial charge >= 0.3 is 6.01 Å². The Labute approximate surface area is 138 Å². The summed E-state index contributed by atoms with van der Waals surface area (Å²) in [4.78, 5) is 30.5. The molecule has 0 saturated carbocycles. The summed E-state index contributed by atoms with van der Waals surface area (Å²) in [6, 6.07) is 1.31. The monoisotopic (exact) mass is 332 g/mol. The molecule has 8 nitrogen and oxygen atoms in total. The first kappa shape index (κ1) is 16.0. The SMILES string of the molecule is COc1nc(CNC(=O)c2cncc(F)c2)nc(N2CCCC2)n1. The Kier molecular flexibility index (Phi) is 4.78. The minimum Gasteiger partial charge on any atom is -0.467 e. The predicted molar refractivity (Wildman–Crippen MR) is 83.2 cm³/mol. The number of rotatable bonds is 5. The number of carbonyl (C=O) groups excluding carboxylic acids is 1. The lowest BCUT2D eigenvalue weighted by Crippen LogP contribution is -2.26. The summed E-state index contributed by atoms with van der Waals surface area (Å²) in [5, 5.41) is 2.64. The molecular formula is C15H17FN6O2. The van der Waals surface area contributed by atoms with E-state index in [2.05, 4.69) is 25.3 Å². The highest BCUT2D eigenvalue weighted by Gasteiger charge is 2.18. The number of ether oxygens (including phenoxy) is 1. The zero-order chi connectivity index (χ0) is 16.9. The quantitative estimate of drug-likeness (QED) is 0.871. The van der Waals surface area contributed by atoms with Crippen LogP contribution >= 0.6 is 0 Å². The molecule has 1 fully saturated rings. The topological polar surface area (TPSA) is 93.1 Å². The van der Waals surface area contributed by atoms with Crippen molar-refractivity contribution in [2.24, 2.45) is 0 Å². The van der Waals surface area contributed by atoms with Crippen LogP contribution in [0.15, 0.2) is 18.5 Å². The van der Waals surface area contributed by atoms with E-state index in [1.54, 1.807) is 0 Å². The zero-order valence-corrected chi connectivity index (χ0v) is 13.2. The molecular weight excluding hydrogens is 315 g/mol. The second-order valence-corrected chi connectivity index (χ2v) is 5.31. The van der Waals surface area contributed by atoms with Gasteiger partial charge in [0.05, 0.1) is 25.4 Å². The van der Waals surface area contributed by atoms with Crippen molar-refractivity contribution in [2.45, 2.75) is 19.4 Å². The van der Waals surface area contributed by atoms with Crippen LogP contribution in [-0.4, -0.2) is 46.0 Å². The van der Waals surface area contributed by atoms with Crippen molar-refractivity contribution in [2.75, 3.05) is 25.1 Å². The Balaban J connectivity index is 1.72. The van der Waals surface area contributed by atoms with Gasteiger partial charge in [0.15, 0.2) is 5.82 Å². The minimum absolute atomic E-state index is 0.0784. The van der Waals surface area contributed by atoms with Crippen LogP contribution in [0.2, 0.25) is 0 Å². The van der Waals surface area contributed by atoms with Gasteiger partial charge in [-0.2, -0.15) is 15.0 Å². The van der Waals surface area contributed by atoms with E-state index in [0.717, 1.165) is 38.2 Å². The molecule has 1 saturated heterocycles. The second-order valence-electron chi connectivity index (χ2n) is 5.31. The molecule has 2 aromatic rings. The second kappa shape index (κ2) is 7.16. The smallest absolute Gasteiger partial charge is 0.321 e. The number of pyridine rings is 1. The first-order valence-electron chi connectivity index (χ1n) is 7.58. The number of hydrogen-bond donors (Lipinski definition) is 1. The maximum atomic E-state index is 13.1. The Morgan fingerprint density at radius 2 is 2.08 bits per heavy atom. The fraction of sp³-hybridized carbons (Fsp3) is 0.400. The maximum absolute atomic E-state index is 13.1. The molecule has 1 amide bonds. The summed E-state index contributed by atoms with van der Waals surface area (Å²) in [5.74, 6) is -0.109. The van der Waals surface area contributed by atoms with E-state index in [-0.39, 0.29) is 18.1 Å². The number of amides is 1. The lowest BCUT2D eigenvalue weighted by atomic mass is 10.2. The van der Waals surface area contributed by atoms with Gasteiger partial charge in [0, 0.05) is 19.3 Å². The van der Waals surface area contributed by atoms with Crippen LogP contribution in [0.4, 0.5) is 10.3 Å². The fourth-order valence-electron chi connectivity index (χ4n) is 2.41. The van der Waals surface area contributed by atoms with E-state index in [4.69, 9.17) is 4.74 Å². The highest BCUT2D eigenvalue weighted by molar-refractivity contribution is 5.93. The van der Waals surface area contributed by atoms with Gasteiger partial charge in [-0.1, -0.05) is 0 Å². The summed E-state index contributed by atoms with van der Waals surface area (Å²) in [6.07, 6.45) is 4.51. The molecule has 0 unspecified atom stereocenters. The Bertz CT molecular complexity index is 736. The van der Waals surface area contributed by atoms with Crippen LogP contribution in [0.1, 0.15) is 29.0 Å². The lowest BCUT2D eigenvalue weighted by molar-refractivity contribution is 0.0949. The van der Waals surface area contributed by atoms with Gasteiger partial charge < -0.3 is 15.0 Å². The Hall–Kier alpha value is -2.84. The number of aromatic nitrogens is 4. The van der Waals surface area contributed by atoms with Gasteiger partial charge in [-0.25, -0.2) is 4.39 Å². The average molecular weight is 332 g/mol. The number of hydrogen-bond acceptors (Lipinski definition) is 7. The molecule has 0 atom stereocenters. The van der Waals surface area contributed by atoms with Crippen LogP contribution in [0, 0.1) is 5.82 Å². The summed E-state index contributed by atoms with van der Waals surface area (Å²) in [5.41, 5.74) is 0.135. The van der Waals surface area contributed by atoms with E-state index < -0.39 is 11.7 Å². The van der Waals surface area contributed by atoms with Crippen molar-refractivity contribution in [3.8, 4) is 6.01 Å². The molecule has 126 valence electrons. The average Bonchev–Trinajstić information content (AvgIpc) is 3.14. The first-order valence-corrected chi connectivity index (χ1v) is 7.58. The molecule has 24 heavy (non-hydrogen) atoms. The van der Waals surface area contributed by atoms with Gasteiger partial charge in [-0.3, -0.25) is 9.78 Å². The van der Waals surface area contributed by atoms with E-state index >= 15 is 0 Å². The number of carbonyl (C=O) groups is 1. The van der Waals surface area contributed by atoms with Crippen molar-refractivity contribution in [1.82, 2.24) is 25.3 Å². The summed E-state index contributed by atoms with van der Waals surface area (Å²) in [7, 11) is 1.48. The molecule has 0 aromatic carbocycles. The van der Waals surface area contributed by atoms with Gasteiger partial charge in [0.25, 0.3) is 5.91 Å². The zero-order valence-electron chi connectivity index (χ0n) is 13.2. The van der Waals surface area contributed by atoms with Crippen LogP contribution < -0.4 is 15.0 Å².